The number of benzene rings is 5. The van der Waals surface area contributed by atoms with Crippen molar-refractivity contribution in [1.29, 1.82) is 0 Å². The Morgan fingerprint density at radius 2 is 0.939 bits per heavy atom. The van der Waals surface area contributed by atoms with Gasteiger partial charge >= 0.3 is 0 Å². The van der Waals surface area contributed by atoms with Gasteiger partial charge in [0, 0.05) is 5.75 Å². The van der Waals surface area contributed by atoms with Gasteiger partial charge in [0.05, 0.1) is 40.1 Å². The molecule has 49 heavy (non-hydrogen) atoms. The van der Waals surface area contributed by atoms with Crippen molar-refractivity contribution in [3.8, 4) is 5.75 Å². The number of ether oxygens (including phenoxy) is 6. The van der Waals surface area contributed by atoms with E-state index < -0.39 is 24.4 Å². The molecule has 1 aliphatic rings. The molecule has 6 rings (SSSR count). The van der Waals surface area contributed by atoms with Crippen LogP contribution in [0, 0.1) is 0 Å². The van der Waals surface area contributed by atoms with E-state index in [1.165, 1.54) is 0 Å². The van der Waals surface area contributed by atoms with Gasteiger partial charge in [-0.15, -0.1) is 11.8 Å². The standard InChI is InChI=1S/C42H44O6S/c1-43-37-24-22-36(23-25-37)31-49-42-41(47-29-35-20-12-5-13-21-35)40(46-28-34-18-10-4-11-19-34)39(45-27-33-16-8-3-9-17-33)38(48-42)30-44-26-32-14-6-2-7-15-32/h2-25,38-42H,26-31H2,1H3/t38-,39-,40+,41-,42+/m1/s1. The Morgan fingerprint density at radius 1 is 0.490 bits per heavy atom. The van der Waals surface area contributed by atoms with E-state index in [0.717, 1.165) is 39.3 Å². The summed E-state index contributed by atoms with van der Waals surface area (Å²) < 4.78 is 39.1. The highest BCUT2D eigenvalue weighted by Crippen LogP contribution is 2.37. The molecule has 5 atom stereocenters. The summed E-state index contributed by atoms with van der Waals surface area (Å²) in [5.74, 6) is 1.55. The van der Waals surface area contributed by atoms with Crippen LogP contribution in [-0.4, -0.2) is 43.6 Å². The topological polar surface area (TPSA) is 55.4 Å². The Bertz CT molecular complexity index is 1620. The van der Waals surface area contributed by atoms with Crippen LogP contribution in [0.4, 0.5) is 0 Å². The maximum absolute atomic E-state index is 6.96. The molecule has 5 aromatic carbocycles. The monoisotopic (exact) mass is 676 g/mol. The zero-order valence-electron chi connectivity index (χ0n) is 27.8. The van der Waals surface area contributed by atoms with Crippen LogP contribution >= 0.6 is 11.8 Å². The lowest BCUT2D eigenvalue weighted by atomic mass is 9.98. The molecule has 0 amide bonds. The Hall–Kier alpha value is -3.95. The molecule has 1 saturated heterocycles. The highest BCUT2D eigenvalue weighted by Gasteiger charge is 2.48. The van der Waals surface area contributed by atoms with E-state index in [1.54, 1.807) is 18.9 Å². The van der Waals surface area contributed by atoms with Gasteiger partial charge in [-0.25, -0.2) is 0 Å². The molecule has 7 heteroatoms. The highest BCUT2D eigenvalue weighted by atomic mass is 32.2. The van der Waals surface area contributed by atoms with Crippen molar-refractivity contribution in [2.75, 3.05) is 13.7 Å². The van der Waals surface area contributed by atoms with Crippen LogP contribution in [0.3, 0.4) is 0 Å². The third-order valence-corrected chi connectivity index (χ3v) is 9.62. The normalized spacial score (nSPS) is 20.6. The van der Waals surface area contributed by atoms with Crippen molar-refractivity contribution in [2.24, 2.45) is 0 Å². The van der Waals surface area contributed by atoms with Gasteiger partial charge in [-0.1, -0.05) is 133 Å². The van der Waals surface area contributed by atoms with Crippen LogP contribution in [0.15, 0.2) is 146 Å². The molecule has 0 aliphatic carbocycles. The first kappa shape index (κ1) is 34.9. The van der Waals surface area contributed by atoms with E-state index in [-0.39, 0.29) is 5.44 Å². The number of hydrogen-bond donors (Lipinski definition) is 0. The average Bonchev–Trinajstić information content (AvgIpc) is 3.17. The van der Waals surface area contributed by atoms with Gasteiger partial charge in [0.15, 0.2) is 0 Å². The molecule has 1 heterocycles. The minimum absolute atomic E-state index is 0.338. The maximum Gasteiger partial charge on any atom is 0.133 e. The van der Waals surface area contributed by atoms with E-state index in [4.69, 9.17) is 28.4 Å². The molecule has 0 N–H and O–H groups in total. The molecule has 254 valence electrons. The second-order valence-corrected chi connectivity index (χ2v) is 13.1. The first-order chi connectivity index (χ1) is 24.2. The second kappa shape index (κ2) is 18.7. The molecule has 0 saturated carbocycles. The molecule has 0 aromatic heterocycles. The van der Waals surface area contributed by atoms with Crippen molar-refractivity contribution in [1.82, 2.24) is 0 Å². The summed E-state index contributed by atoms with van der Waals surface area (Å²) >= 11 is 1.70. The van der Waals surface area contributed by atoms with Gasteiger partial charge in [-0.3, -0.25) is 0 Å². The Labute approximate surface area is 294 Å². The van der Waals surface area contributed by atoms with E-state index in [9.17, 15) is 0 Å². The molecule has 1 aliphatic heterocycles. The fourth-order valence-electron chi connectivity index (χ4n) is 5.78. The first-order valence-corrected chi connectivity index (χ1v) is 17.8. The molecule has 0 bridgehead atoms. The quantitative estimate of drug-likeness (QED) is 0.0978. The fourth-order valence-corrected chi connectivity index (χ4v) is 6.97. The Balaban J connectivity index is 1.29. The molecule has 1 fully saturated rings. The van der Waals surface area contributed by atoms with Gasteiger partial charge in [0.1, 0.15) is 35.6 Å². The van der Waals surface area contributed by atoms with Crippen LogP contribution in [0.5, 0.6) is 5.75 Å². The number of hydrogen-bond acceptors (Lipinski definition) is 7. The second-order valence-electron chi connectivity index (χ2n) is 12.0. The van der Waals surface area contributed by atoms with Crippen molar-refractivity contribution in [2.45, 2.75) is 62.0 Å². The van der Waals surface area contributed by atoms with Crippen LogP contribution in [0.1, 0.15) is 27.8 Å². The zero-order valence-corrected chi connectivity index (χ0v) is 28.7. The third kappa shape index (κ3) is 10.5. The SMILES string of the molecule is COc1ccc(CS[C@@H]2O[C@H](COCc3ccccc3)[C@@H](OCc3ccccc3)[C@H](OCc3ccccc3)[C@H]2OCc2ccccc2)cc1. The lowest BCUT2D eigenvalue weighted by Gasteiger charge is -2.46. The van der Waals surface area contributed by atoms with Crippen molar-refractivity contribution >= 4 is 11.8 Å². The minimum Gasteiger partial charge on any atom is -0.497 e. The van der Waals surface area contributed by atoms with E-state index in [1.807, 2.05) is 84.9 Å². The predicted octanol–water partition coefficient (Wildman–Crippen LogP) is 8.63. The largest absolute Gasteiger partial charge is 0.497 e. The van der Waals surface area contributed by atoms with E-state index in [0.29, 0.717) is 33.0 Å². The number of thioether (sulfide) groups is 1. The van der Waals surface area contributed by atoms with Gasteiger partial charge < -0.3 is 28.4 Å². The van der Waals surface area contributed by atoms with Crippen LogP contribution in [-0.2, 0) is 55.9 Å². The lowest BCUT2D eigenvalue weighted by Crippen LogP contribution is -2.60. The first-order valence-electron chi connectivity index (χ1n) is 16.7. The highest BCUT2D eigenvalue weighted by molar-refractivity contribution is 7.99. The zero-order chi connectivity index (χ0) is 33.5. The summed E-state index contributed by atoms with van der Waals surface area (Å²) in [6.07, 6.45) is -1.74. The van der Waals surface area contributed by atoms with E-state index in [2.05, 4.69) is 60.7 Å². The summed E-state index contributed by atoms with van der Waals surface area (Å²) in [7, 11) is 1.68. The Kier molecular flexibility index (Phi) is 13.3. The summed E-state index contributed by atoms with van der Waals surface area (Å²) in [6.45, 7) is 2.05. The molecule has 6 nitrogen and oxygen atoms in total. The predicted molar refractivity (Wildman–Crippen MR) is 194 cm³/mol. The summed E-state index contributed by atoms with van der Waals surface area (Å²) in [4.78, 5) is 0. The summed E-state index contributed by atoms with van der Waals surface area (Å²) in [5.41, 5.74) is 5.15. The van der Waals surface area contributed by atoms with Crippen LogP contribution < -0.4 is 4.74 Å². The van der Waals surface area contributed by atoms with Crippen LogP contribution in [0.2, 0.25) is 0 Å². The molecular formula is C42H44O6S. The van der Waals surface area contributed by atoms with Crippen molar-refractivity contribution < 1.29 is 28.4 Å². The minimum atomic E-state index is -0.460. The molecule has 0 unspecified atom stereocenters. The summed E-state index contributed by atoms with van der Waals surface area (Å²) in [5, 5.41) is 0. The molecular weight excluding hydrogens is 633 g/mol. The van der Waals surface area contributed by atoms with Crippen LogP contribution in [0.25, 0.3) is 0 Å². The average molecular weight is 677 g/mol. The number of methoxy groups -OCH3 is 1. The smallest absolute Gasteiger partial charge is 0.133 e. The van der Waals surface area contributed by atoms with Gasteiger partial charge in [0.2, 0.25) is 0 Å². The third-order valence-electron chi connectivity index (χ3n) is 8.41. The van der Waals surface area contributed by atoms with E-state index >= 15 is 0 Å². The molecule has 0 spiro atoms. The summed E-state index contributed by atoms with van der Waals surface area (Å²) in [6, 6.07) is 49.0. The molecule has 5 aromatic rings. The maximum atomic E-state index is 6.96. The fraction of sp³-hybridized carbons (Fsp3) is 0.286. The van der Waals surface area contributed by atoms with Crippen molar-refractivity contribution in [3.63, 3.8) is 0 Å². The van der Waals surface area contributed by atoms with Crippen molar-refractivity contribution in [3.05, 3.63) is 173 Å². The van der Waals surface area contributed by atoms with Gasteiger partial charge in [-0.05, 0) is 39.9 Å². The Morgan fingerprint density at radius 3 is 1.43 bits per heavy atom. The van der Waals surface area contributed by atoms with Gasteiger partial charge in [-0.2, -0.15) is 0 Å². The van der Waals surface area contributed by atoms with Gasteiger partial charge in [0.25, 0.3) is 0 Å². The molecule has 0 radical (unpaired) electrons. The number of rotatable bonds is 17. The lowest BCUT2D eigenvalue weighted by molar-refractivity contribution is -0.254.